The third kappa shape index (κ3) is 3.42. The SMILES string of the molecule is C=Cc1c(/C=C(\C)OS(=O)(=O)C(F)(F)F)c2ccccc2c2ccccc12. The molecule has 0 aromatic heterocycles. The zero-order valence-corrected chi connectivity index (χ0v) is 15.1. The Balaban J connectivity index is 2.28. The first-order valence-electron chi connectivity index (χ1n) is 7.90. The van der Waals surface area contributed by atoms with Gasteiger partial charge in [-0.3, -0.25) is 0 Å². The number of halogens is 3. The van der Waals surface area contributed by atoms with Crippen LogP contribution in [-0.4, -0.2) is 13.9 Å². The summed E-state index contributed by atoms with van der Waals surface area (Å²) in [6, 6.07) is 14.9. The zero-order valence-electron chi connectivity index (χ0n) is 14.2. The molecule has 0 spiro atoms. The molecular weight excluding hydrogens is 377 g/mol. The van der Waals surface area contributed by atoms with Crippen molar-refractivity contribution < 1.29 is 25.8 Å². The van der Waals surface area contributed by atoms with Crippen LogP contribution in [0.3, 0.4) is 0 Å². The molecule has 0 heterocycles. The van der Waals surface area contributed by atoms with Gasteiger partial charge in [0.2, 0.25) is 0 Å². The summed E-state index contributed by atoms with van der Waals surface area (Å²) in [7, 11) is -5.73. The molecule has 3 rings (SSSR count). The van der Waals surface area contributed by atoms with E-state index in [1.807, 2.05) is 42.5 Å². The molecule has 3 nitrogen and oxygen atoms in total. The van der Waals surface area contributed by atoms with Gasteiger partial charge in [0, 0.05) is 0 Å². The average Bonchev–Trinajstić information content (AvgIpc) is 2.60. The van der Waals surface area contributed by atoms with Gasteiger partial charge in [-0.25, -0.2) is 0 Å². The van der Waals surface area contributed by atoms with Crippen molar-refractivity contribution in [3.05, 3.63) is 72.0 Å². The average molecular weight is 392 g/mol. The second-order valence-electron chi connectivity index (χ2n) is 5.86. The molecule has 0 atom stereocenters. The van der Waals surface area contributed by atoms with Crippen LogP contribution in [0.1, 0.15) is 18.1 Å². The van der Waals surface area contributed by atoms with E-state index in [9.17, 15) is 21.6 Å². The molecule has 0 saturated carbocycles. The maximum Gasteiger partial charge on any atom is 0.534 e. The minimum absolute atomic E-state index is 0.393. The summed E-state index contributed by atoms with van der Waals surface area (Å²) in [5.41, 5.74) is -4.28. The van der Waals surface area contributed by atoms with Crippen LogP contribution in [0, 0.1) is 0 Å². The highest BCUT2D eigenvalue weighted by Gasteiger charge is 2.48. The van der Waals surface area contributed by atoms with E-state index in [0.717, 1.165) is 21.5 Å². The van der Waals surface area contributed by atoms with Gasteiger partial charge in [0.1, 0.15) is 5.76 Å². The minimum Gasteiger partial charge on any atom is -0.381 e. The van der Waals surface area contributed by atoms with Gasteiger partial charge < -0.3 is 4.18 Å². The van der Waals surface area contributed by atoms with Crippen molar-refractivity contribution in [2.24, 2.45) is 0 Å². The van der Waals surface area contributed by atoms with Gasteiger partial charge in [0.15, 0.2) is 0 Å². The molecule has 3 aromatic carbocycles. The Morgan fingerprint density at radius 2 is 1.37 bits per heavy atom. The maximum atomic E-state index is 12.6. The Hall–Kier alpha value is -2.80. The molecule has 3 aromatic rings. The predicted octanol–water partition coefficient (Wildman–Crippen LogP) is 5.86. The van der Waals surface area contributed by atoms with Crippen molar-refractivity contribution in [1.82, 2.24) is 0 Å². The topological polar surface area (TPSA) is 43.4 Å². The number of hydrogen-bond donors (Lipinski definition) is 0. The normalized spacial score (nSPS) is 13.1. The largest absolute Gasteiger partial charge is 0.534 e. The number of rotatable bonds is 4. The van der Waals surface area contributed by atoms with E-state index in [4.69, 9.17) is 0 Å². The third-order valence-corrected chi connectivity index (χ3v) is 5.14. The lowest BCUT2D eigenvalue weighted by Gasteiger charge is -2.14. The van der Waals surface area contributed by atoms with Crippen LogP contribution < -0.4 is 0 Å². The maximum absolute atomic E-state index is 12.6. The van der Waals surface area contributed by atoms with Crippen LogP contribution in [0.5, 0.6) is 0 Å². The molecule has 0 aliphatic carbocycles. The van der Waals surface area contributed by atoms with Crippen LogP contribution in [0.2, 0.25) is 0 Å². The second kappa shape index (κ2) is 6.74. The Kier molecular flexibility index (Phi) is 4.73. The fourth-order valence-corrected chi connectivity index (χ4v) is 3.51. The fourth-order valence-electron chi connectivity index (χ4n) is 3.02. The van der Waals surface area contributed by atoms with Crippen LogP contribution in [0.25, 0.3) is 33.7 Å². The summed E-state index contributed by atoms with van der Waals surface area (Å²) < 4.78 is 64.5. The summed E-state index contributed by atoms with van der Waals surface area (Å²) in [4.78, 5) is 0. The number of benzene rings is 3. The quantitative estimate of drug-likeness (QED) is 0.242. The van der Waals surface area contributed by atoms with E-state index in [2.05, 4.69) is 10.8 Å². The van der Waals surface area contributed by atoms with Crippen LogP contribution in [0.15, 0.2) is 60.9 Å². The highest BCUT2D eigenvalue weighted by molar-refractivity contribution is 7.87. The lowest BCUT2D eigenvalue weighted by molar-refractivity contribution is -0.0521. The molecule has 0 aliphatic heterocycles. The van der Waals surface area contributed by atoms with E-state index in [1.54, 1.807) is 12.1 Å². The van der Waals surface area contributed by atoms with Gasteiger partial charge in [-0.2, -0.15) is 21.6 Å². The Bertz CT molecular complexity index is 1180. The molecule has 0 N–H and O–H groups in total. The minimum atomic E-state index is -5.73. The second-order valence-corrected chi connectivity index (χ2v) is 7.40. The van der Waals surface area contributed by atoms with Gasteiger partial charge in [-0.05, 0) is 45.7 Å². The monoisotopic (exact) mass is 392 g/mol. The molecule has 27 heavy (non-hydrogen) atoms. The molecule has 0 bridgehead atoms. The Morgan fingerprint density at radius 1 is 0.926 bits per heavy atom. The van der Waals surface area contributed by atoms with E-state index < -0.39 is 21.4 Å². The van der Waals surface area contributed by atoms with Crippen molar-refractivity contribution in [2.45, 2.75) is 12.4 Å². The van der Waals surface area contributed by atoms with Crippen molar-refractivity contribution in [3.63, 3.8) is 0 Å². The number of alkyl halides is 3. The third-order valence-electron chi connectivity index (χ3n) is 4.09. The molecule has 0 fully saturated rings. The highest BCUT2D eigenvalue weighted by atomic mass is 32.2. The van der Waals surface area contributed by atoms with Crippen molar-refractivity contribution in [1.29, 1.82) is 0 Å². The van der Waals surface area contributed by atoms with Gasteiger partial charge in [-0.1, -0.05) is 61.2 Å². The van der Waals surface area contributed by atoms with E-state index in [1.165, 1.54) is 13.0 Å². The molecule has 0 radical (unpaired) electrons. The van der Waals surface area contributed by atoms with Gasteiger partial charge in [0.05, 0.1) is 0 Å². The first-order chi connectivity index (χ1) is 12.7. The summed E-state index contributed by atoms with van der Waals surface area (Å²) >= 11 is 0. The van der Waals surface area contributed by atoms with E-state index >= 15 is 0 Å². The van der Waals surface area contributed by atoms with Gasteiger partial charge >= 0.3 is 15.6 Å². The zero-order chi connectivity index (χ0) is 19.8. The molecular formula is C20H15F3O3S. The summed E-state index contributed by atoms with van der Waals surface area (Å²) in [6.07, 6.45) is 2.88. The fraction of sp³-hybridized carbons (Fsp3) is 0.100. The number of hydrogen-bond acceptors (Lipinski definition) is 3. The lowest BCUT2D eigenvalue weighted by Crippen LogP contribution is -2.24. The standard InChI is InChI=1S/C20H15F3O3S/c1-3-14-15-8-4-5-9-16(15)17-10-6-7-11-18(17)19(14)12-13(2)26-27(24,25)20(21,22)23/h3-12H,1H2,2H3/b13-12+. The van der Waals surface area contributed by atoms with E-state index in [-0.39, 0.29) is 0 Å². The molecule has 140 valence electrons. The van der Waals surface area contributed by atoms with Gasteiger partial charge in [0.25, 0.3) is 0 Å². The van der Waals surface area contributed by atoms with Crippen molar-refractivity contribution >= 4 is 43.8 Å². The summed E-state index contributed by atoms with van der Waals surface area (Å²) in [5, 5.41) is 3.44. The van der Waals surface area contributed by atoms with Crippen molar-refractivity contribution in [2.75, 3.05) is 0 Å². The first-order valence-corrected chi connectivity index (χ1v) is 9.31. The molecule has 0 amide bonds. The summed E-state index contributed by atoms with van der Waals surface area (Å²) in [6.45, 7) is 4.97. The highest BCUT2D eigenvalue weighted by Crippen LogP contribution is 2.35. The molecule has 0 aliphatic rings. The first kappa shape index (κ1) is 19.0. The van der Waals surface area contributed by atoms with Crippen molar-refractivity contribution in [3.8, 4) is 0 Å². The molecule has 0 unspecified atom stereocenters. The Morgan fingerprint density at radius 3 is 1.81 bits per heavy atom. The van der Waals surface area contributed by atoms with Crippen LogP contribution >= 0.6 is 0 Å². The summed E-state index contributed by atoms with van der Waals surface area (Å²) in [5.74, 6) is -0.393. The predicted molar refractivity (Wildman–Crippen MR) is 101 cm³/mol. The number of allylic oxidation sites excluding steroid dienone is 1. The molecule has 7 heteroatoms. The molecule has 0 saturated heterocycles. The van der Waals surface area contributed by atoms with Gasteiger partial charge in [-0.15, -0.1) is 0 Å². The van der Waals surface area contributed by atoms with E-state index in [0.29, 0.717) is 11.1 Å². The smallest absolute Gasteiger partial charge is 0.381 e. The lowest BCUT2D eigenvalue weighted by atomic mass is 9.91. The Labute approximate surface area is 154 Å². The number of fused-ring (bicyclic) bond motifs is 3. The van der Waals surface area contributed by atoms with Crippen LogP contribution in [-0.2, 0) is 14.3 Å². The van der Waals surface area contributed by atoms with Crippen LogP contribution in [0.4, 0.5) is 13.2 Å².